The monoisotopic (exact) mass is 174 g/mol. The van der Waals surface area contributed by atoms with Crippen LogP contribution in [0.1, 0.15) is 20.3 Å². The maximum atomic E-state index is 9.52. The zero-order valence-corrected chi connectivity index (χ0v) is 9.15. The molecule has 4 heteroatoms. The van der Waals surface area contributed by atoms with Crippen LogP contribution < -0.4 is 0 Å². The summed E-state index contributed by atoms with van der Waals surface area (Å²) in [6.45, 7) is 4.18. The van der Waals surface area contributed by atoms with Gasteiger partial charge in [-0.2, -0.15) is 13.3 Å². The zero-order valence-electron chi connectivity index (χ0n) is 6.92. The van der Waals surface area contributed by atoms with E-state index in [9.17, 15) is 8.42 Å². The van der Waals surface area contributed by atoms with Crippen molar-refractivity contribution in [3.05, 3.63) is 12.7 Å². The minimum Gasteiger partial charge on any atom is -0.332 e. The Kier molecular flexibility index (Phi) is 16.5. The second-order valence-electron chi connectivity index (χ2n) is 1.74. The Balaban J connectivity index is -0.0000000910. The predicted molar refractivity (Wildman–Crippen MR) is 46.2 cm³/mol. The summed E-state index contributed by atoms with van der Waals surface area (Å²) < 4.78 is 19.0. The van der Waals surface area contributed by atoms with Gasteiger partial charge < -0.3 is 6.42 Å². The van der Waals surface area contributed by atoms with E-state index in [1.165, 1.54) is 6.42 Å². The molecule has 0 aliphatic carbocycles. The fraction of sp³-hybridized carbons (Fsp3) is 0.667. The zero-order chi connectivity index (χ0) is 7.91. The van der Waals surface area contributed by atoms with Crippen LogP contribution in [-0.2, 0) is 9.84 Å². The Morgan fingerprint density at radius 3 is 1.60 bits per heavy atom. The van der Waals surface area contributed by atoms with Gasteiger partial charge in [-0.3, -0.25) is 8.42 Å². The topological polar surface area (TPSA) is 34.1 Å². The summed E-state index contributed by atoms with van der Waals surface area (Å²) in [4.78, 5) is 0. The fourth-order valence-corrected chi connectivity index (χ4v) is 0. The maximum Gasteiger partial charge on any atom is 2.00 e. The molecule has 0 rings (SSSR count). The second-order valence-corrected chi connectivity index (χ2v) is 3.59. The normalized spacial score (nSPS) is 8.80. The van der Waals surface area contributed by atoms with Crippen LogP contribution in [0.5, 0.6) is 0 Å². The summed E-state index contributed by atoms with van der Waals surface area (Å²) in [6.07, 6.45) is 7.11. The molecule has 0 aromatic heterocycles. The molecular weight excluding hydrogens is 160 g/mol. The molecule has 0 aliphatic heterocycles. The Bertz CT molecular complexity index is 119. The number of sulfone groups is 1. The van der Waals surface area contributed by atoms with Crippen molar-refractivity contribution in [3.63, 3.8) is 0 Å². The molecule has 0 amide bonds. The van der Waals surface area contributed by atoms with Gasteiger partial charge in [0, 0.05) is 16.1 Å². The van der Waals surface area contributed by atoms with E-state index >= 15 is 0 Å². The van der Waals surface area contributed by atoms with Crippen molar-refractivity contribution in [2.45, 2.75) is 20.3 Å². The van der Waals surface area contributed by atoms with Gasteiger partial charge in [-0.05, 0) is 0 Å². The van der Waals surface area contributed by atoms with Crippen molar-refractivity contribution in [1.82, 2.24) is 0 Å². The van der Waals surface area contributed by atoms with Gasteiger partial charge in [0.2, 0.25) is 0 Å². The van der Waals surface area contributed by atoms with Crippen LogP contribution in [-0.4, -0.2) is 37.7 Å². The van der Waals surface area contributed by atoms with Crippen molar-refractivity contribution in [2.75, 3.05) is 6.26 Å². The second kappa shape index (κ2) is 9.72. The van der Waals surface area contributed by atoms with E-state index in [-0.39, 0.29) is 23.1 Å². The van der Waals surface area contributed by atoms with E-state index in [2.05, 4.69) is 26.5 Å². The molecule has 0 saturated heterocycles. The van der Waals surface area contributed by atoms with E-state index in [0.717, 1.165) is 6.26 Å². The molecule has 0 aromatic rings. The van der Waals surface area contributed by atoms with Crippen molar-refractivity contribution < 1.29 is 8.42 Å². The Morgan fingerprint density at radius 1 is 1.50 bits per heavy atom. The van der Waals surface area contributed by atoms with Crippen LogP contribution in [0, 0.1) is 12.7 Å². The first-order valence-corrected chi connectivity index (χ1v) is 4.78. The van der Waals surface area contributed by atoms with Gasteiger partial charge in [0.15, 0.2) is 0 Å². The number of unbranched alkanes of at least 4 members (excludes halogenated alkanes) is 1. The summed E-state index contributed by atoms with van der Waals surface area (Å²) in [5.41, 5.74) is 0. The summed E-state index contributed by atoms with van der Waals surface area (Å²) >= 11 is 0. The van der Waals surface area contributed by atoms with Gasteiger partial charge in [-0.1, -0.05) is 6.92 Å². The van der Waals surface area contributed by atoms with E-state index in [1.54, 1.807) is 0 Å². The Labute approximate surface area is 80.5 Å². The van der Waals surface area contributed by atoms with E-state index in [4.69, 9.17) is 0 Å². The standard InChI is InChI=1S/C4H9.C2H5O2S.Mg/c1-3-4-2;1-5(2,3)4;/h3H,4H2,1-2H3;1H2,2H3;/q2*-1;+2. The average molecular weight is 175 g/mol. The van der Waals surface area contributed by atoms with Crippen molar-refractivity contribution in [1.29, 1.82) is 0 Å². The third kappa shape index (κ3) is 176. The molecule has 0 spiro atoms. The number of rotatable bonds is 1. The van der Waals surface area contributed by atoms with E-state index in [0.29, 0.717) is 0 Å². The third-order valence-corrected chi connectivity index (χ3v) is 0.408. The van der Waals surface area contributed by atoms with Gasteiger partial charge in [0.1, 0.15) is 0 Å². The van der Waals surface area contributed by atoms with Gasteiger partial charge in [-0.25, -0.2) is 6.26 Å². The minimum atomic E-state index is -2.92. The molecule has 0 atom stereocenters. The molecule has 0 aromatic carbocycles. The first-order chi connectivity index (χ1) is 3.91. The molecule has 0 N–H and O–H groups in total. The largest absolute Gasteiger partial charge is 2.00 e. The van der Waals surface area contributed by atoms with E-state index in [1.807, 2.05) is 0 Å². The quantitative estimate of drug-likeness (QED) is 0.440. The van der Waals surface area contributed by atoms with Crippen molar-refractivity contribution in [2.24, 2.45) is 0 Å². The minimum absolute atomic E-state index is 0. The average Bonchev–Trinajstić information content (AvgIpc) is 1.61. The first-order valence-electron chi connectivity index (χ1n) is 2.72. The van der Waals surface area contributed by atoms with Gasteiger partial charge in [0.25, 0.3) is 0 Å². The molecule has 0 aliphatic rings. The van der Waals surface area contributed by atoms with Crippen molar-refractivity contribution >= 4 is 32.9 Å². The molecule has 0 saturated carbocycles. The predicted octanol–water partition coefficient (Wildman–Crippen LogP) is 1.06. The maximum absolute atomic E-state index is 9.52. The smallest absolute Gasteiger partial charge is 0.332 e. The van der Waals surface area contributed by atoms with Crippen molar-refractivity contribution in [3.8, 4) is 0 Å². The molecule has 0 radical (unpaired) electrons. The fourth-order valence-electron chi connectivity index (χ4n) is 0. The summed E-state index contributed by atoms with van der Waals surface area (Å²) in [5.74, 6) is 0. The van der Waals surface area contributed by atoms with Crippen LogP contribution in [0.25, 0.3) is 0 Å². The molecular formula is C6H14MgO2S. The third-order valence-electron chi connectivity index (χ3n) is 0.408. The van der Waals surface area contributed by atoms with Gasteiger partial charge in [-0.15, -0.1) is 0 Å². The number of hydrogen-bond acceptors (Lipinski definition) is 2. The Morgan fingerprint density at radius 2 is 1.60 bits per heavy atom. The Hall–Kier alpha value is 0.716. The van der Waals surface area contributed by atoms with E-state index < -0.39 is 9.84 Å². The van der Waals surface area contributed by atoms with Crippen LogP contribution >= 0.6 is 0 Å². The van der Waals surface area contributed by atoms with Gasteiger partial charge >= 0.3 is 23.1 Å². The SMILES string of the molecule is C[CH-]CC.[CH2-]S(C)(=O)=O.[Mg+2]. The van der Waals surface area contributed by atoms with Crippen LogP contribution in [0.4, 0.5) is 0 Å². The molecule has 0 heterocycles. The summed E-state index contributed by atoms with van der Waals surface area (Å²) in [7, 11) is -2.92. The first kappa shape index (κ1) is 17.0. The molecule has 0 unspecified atom stereocenters. The molecule has 10 heavy (non-hydrogen) atoms. The number of hydrogen-bond donors (Lipinski definition) is 0. The summed E-state index contributed by atoms with van der Waals surface area (Å²) in [6, 6.07) is 0. The van der Waals surface area contributed by atoms with Crippen LogP contribution in [0.2, 0.25) is 0 Å². The molecule has 0 fully saturated rings. The van der Waals surface area contributed by atoms with Gasteiger partial charge in [0.05, 0.1) is 0 Å². The summed E-state index contributed by atoms with van der Waals surface area (Å²) in [5, 5.41) is 0. The molecule has 2 nitrogen and oxygen atoms in total. The molecule has 0 bridgehead atoms. The van der Waals surface area contributed by atoms with Crippen LogP contribution in [0.15, 0.2) is 0 Å². The van der Waals surface area contributed by atoms with Crippen LogP contribution in [0.3, 0.4) is 0 Å². The molecule has 58 valence electrons.